The topological polar surface area (TPSA) is 94.0 Å². The van der Waals surface area contributed by atoms with E-state index in [-0.39, 0.29) is 17.5 Å². The maximum atomic E-state index is 12.3. The van der Waals surface area contributed by atoms with Crippen LogP contribution >= 0.6 is 0 Å². The van der Waals surface area contributed by atoms with Crippen molar-refractivity contribution in [2.45, 2.75) is 26.3 Å². The molecule has 2 heterocycles. The molecule has 0 aliphatic heterocycles. The Morgan fingerprint density at radius 2 is 2.29 bits per heavy atom. The number of nitrogens with two attached hydrogens (primary N) is 1. The van der Waals surface area contributed by atoms with Gasteiger partial charge >= 0.3 is 0 Å². The summed E-state index contributed by atoms with van der Waals surface area (Å²) in [5.41, 5.74) is 6.29. The van der Waals surface area contributed by atoms with E-state index in [4.69, 9.17) is 10.3 Å². The number of nitrogens with zero attached hydrogens (tertiary/aromatic N) is 2. The van der Waals surface area contributed by atoms with Crippen LogP contribution in [-0.4, -0.2) is 28.1 Å². The number of aromatic nitrogens is 2. The molecule has 0 aliphatic carbocycles. The summed E-state index contributed by atoms with van der Waals surface area (Å²) in [6.07, 6.45) is 3.32. The highest BCUT2D eigenvalue weighted by atomic mass is 16.5. The van der Waals surface area contributed by atoms with Crippen LogP contribution in [0.3, 0.4) is 0 Å². The molecule has 1 unspecified atom stereocenters. The van der Waals surface area contributed by atoms with E-state index in [2.05, 4.69) is 15.5 Å². The first-order chi connectivity index (χ1) is 9.96. The van der Waals surface area contributed by atoms with Crippen molar-refractivity contribution in [3.05, 3.63) is 36.3 Å². The molecule has 2 rings (SSSR count). The lowest BCUT2D eigenvalue weighted by Gasteiger charge is -2.33. The van der Waals surface area contributed by atoms with E-state index in [0.29, 0.717) is 12.3 Å². The van der Waals surface area contributed by atoms with Gasteiger partial charge in [-0.2, -0.15) is 0 Å². The summed E-state index contributed by atoms with van der Waals surface area (Å²) in [5, 5.41) is 6.74. The number of carbonyl (C=O) groups excluding carboxylic acids is 1. The lowest BCUT2D eigenvalue weighted by atomic mass is 9.88. The Hall–Kier alpha value is -2.21. The summed E-state index contributed by atoms with van der Waals surface area (Å²) >= 11 is 0. The number of hydrogen-bond acceptors (Lipinski definition) is 5. The predicted molar refractivity (Wildman–Crippen MR) is 79.5 cm³/mol. The molecule has 1 atom stereocenters. The second-order valence-electron chi connectivity index (χ2n) is 5.55. The number of rotatable bonds is 5. The molecule has 21 heavy (non-hydrogen) atoms. The molecular formula is C15H20N4O2. The highest BCUT2D eigenvalue weighted by Crippen LogP contribution is 2.20. The first kappa shape index (κ1) is 15.2. The Morgan fingerprint density at radius 1 is 1.52 bits per heavy atom. The SMILES string of the molecule is CC(C)C(C)(CN)NC(=O)c1cc(-c2cccnc2)on1. The van der Waals surface area contributed by atoms with Gasteiger partial charge in [-0.25, -0.2) is 0 Å². The summed E-state index contributed by atoms with van der Waals surface area (Å²) < 4.78 is 5.20. The van der Waals surface area contributed by atoms with Crippen LogP contribution in [0.2, 0.25) is 0 Å². The summed E-state index contributed by atoms with van der Waals surface area (Å²) in [6, 6.07) is 5.23. The largest absolute Gasteiger partial charge is 0.355 e. The molecule has 2 aromatic heterocycles. The minimum Gasteiger partial charge on any atom is -0.355 e. The second kappa shape index (κ2) is 6.05. The quantitative estimate of drug-likeness (QED) is 0.875. The van der Waals surface area contributed by atoms with Gasteiger partial charge in [0, 0.05) is 30.6 Å². The fourth-order valence-electron chi connectivity index (χ4n) is 1.78. The molecule has 0 fully saturated rings. The van der Waals surface area contributed by atoms with E-state index in [0.717, 1.165) is 5.56 Å². The highest BCUT2D eigenvalue weighted by molar-refractivity contribution is 5.93. The number of carbonyl (C=O) groups is 1. The Labute approximate surface area is 123 Å². The van der Waals surface area contributed by atoms with Gasteiger partial charge in [0.2, 0.25) is 0 Å². The lowest BCUT2D eigenvalue weighted by molar-refractivity contribution is 0.0874. The zero-order valence-corrected chi connectivity index (χ0v) is 12.5. The maximum absolute atomic E-state index is 12.3. The molecular weight excluding hydrogens is 268 g/mol. The Balaban J connectivity index is 2.16. The Morgan fingerprint density at radius 3 is 2.86 bits per heavy atom. The normalized spacial score (nSPS) is 14.0. The lowest BCUT2D eigenvalue weighted by Crippen LogP contribution is -2.55. The minimum absolute atomic E-state index is 0.205. The predicted octanol–water partition coefficient (Wildman–Crippen LogP) is 1.84. The molecule has 0 radical (unpaired) electrons. The zero-order valence-electron chi connectivity index (χ0n) is 12.5. The van der Waals surface area contributed by atoms with Crippen LogP contribution in [0.15, 0.2) is 35.1 Å². The molecule has 0 bridgehead atoms. The molecule has 6 heteroatoms. The van der Waals surface area contributed by atoms with Gasteiger partial charge in [0.25, 0.3) is 5.91 Å². The van der Waals surface area contributed by atoms with Crippen molar-refractivity contribution in [2.75, 3.05) is 6.54 Å². The summed E-state index contributed by atoms with van der Waals surface area (Å²) in [6.45, 7) is 6.29. The molecule has 0 aliphatic rings. The van der Waals surface area contributed by atoms with Crippen LogP contribution in [0.5, 0.6) is 0 Å². The van der Waals surface area contributed by atoms with Gasteiger partial charge in [-0.05, 0) is 25.0 Å². The number of amides is 1. The van der Waals surface area contributed by atoms with Crippen LogP contribution in [-0.2, 0) is 0 Å². The molecule has 2 aromatic rings. The number of pyridine rings is 1. The Kier molecular flexibility index (Phi) is 4.37. The van der Waals surface area contributed by atoms with Crippen LogP contribution < -0.4 is 11.1 Å². The highest BCUT2D eigenvalue weighted by Gasteiger charge is 2.30. The third-order valence-electron chi connectivity index (χ3n) is 3.79. The van der Waals surface area contributed by atoms with Crippen molar-refractivity contribution < 1.29 is 9.32 Å². The molecule has 1 amide bonds. The smallest absolute Gasteiger partial charge is 0.273 e. The molecule has 6 nitrogen and oxygen atoms in total. The van der Waals surface area contributed by atoms with E-state index in [1.54, 1.807) is 24.5 Å². The van der Waals surface area contributed by atoms with Gasteiger partial charge in [0.05, 0.1) is 5.54 Å². The van der Waals surface area contributed by atoms with Gasteiger partial charge in [-0.1, -0.05) is 19.0 Å². The fourth-order valence-corrected chi connectivity index (χ4v) is 1.78. The van der Waals surface area contributed by atoms with Gasteiger partial charge in [-0.3, -0.25) is 9.78 Å². The van der Waals surface area contributed by atoms with E-state index >= 15 is 0 Å². The van der Waals surface area contributed by atoms with E-state index in [1.807, 2.05) is 26.8 Å². The maximum Gasteiger partial charge on any atom is 0.273 e. The van der Waals surface area contributed by atoms with E-state index < -0.39 is 5.54 Å². The molecule has 0 saturated carbocycles. The molecule has 3 N–H and O–H groups in total. The van der Waals surface area contributed by atoms with Crippen molar-refractivity contribution in [2.24, 2.45) is 11.7 Å². The van der Waals surface area contributed by atoms with Crippen molar-refractivity contribution in [3.63, 3.8) is 0 Å². The Bertz CT molecular complexity index is 609. The fraction of sp³-hybridized carbons (Fsp3) is 0.400. The second-order valence-corrected chi connectivity index (χ2v) is 5.55. The van der Waals surface area contributed by atoms with Crippen LogP contribution in [0.1, 0.15) is 31.3 Å². The van der Waals surface area contributed by atoms with Gasteiger partial charge in [-0.15, -0.1) is 0 Å². The molecule has 0 aromatic carbocycles. The van der Waals surface area contributed by atoms with Gasteiger partial charge < -0.3 is 15.6 Å². The number of hydrogen-bond donors (Lipinski definition) is 2. The third kappa shape index (κ3) is 3.28. The first-order valence-corrected chi connectivity index (χ1v) is 6.86. The average molecular weight is 288 g/mol. The van der Waals surface area contributed by atoms with Gasteiger partial charge in [0.1, 0.15) is 0 Å². The van der Waals surface area contributed by atoms with E-state index in [1.165, 1.54) is 0 Å². The van der Waals surface area contributed by atoms with Crippen LogP contribution in [0, 0.1) is 5.92 Å². The van der Waals surface area contributed by atoms with Crippen molar-refractivity contribution in [1.29, 1.82) is 0 Å². The van der Waals surface area contributed by atoms with Crippen LogP contribution in [0.25, 0.3) is 11.3 Å². The monoisotopic (exact) mass is 288 g/mol. The standard InChI is InChI=1S/C15H20N4O2/c1-10(2)15(3,9-16)18-14(20)12-7-13(21-19-12)11-5-4-6-17-8-11/h4-8,10H,9,16H2,1-3H3,(H,18,20). The van der Waals surface area contributed by atoms with Gasteiger partial charge in [0.15, 0.2) is 11.5 Å². The molecule has 0 spiro atoms. The minimum atomic E-state index is -0.482. The third-order valence-corrected chi connectivity index (χ3v) is 3.79. The average Bonchev–Trinajstić information content (AvgIpc) is 2.97. The first-order valence-electron chi connectivity index (χ1n) is 6.86. The zero-order chi connectivity index (χ0) is 15.5. The molecule has 0 saturated heterocycles. The van der Waals surface area contributed by atoms with Crippen molar-refractivity contribution >= 4 is 5.91 Å². The molecule has 112 valence electrons. The summed E-state index contributed by atoms with van der Waals surface area (Å²) in [7, 11) is 0. The van der Waals surface area contributed by atoms with Crippen LogP contribution in [0.4, 0.5) is 0 Å². The van der Waals surface area contributed by atoms with E-state index in [9.17, 15) is 4.79 Å². The summed E-state index contributed by atoms with van der Waals surface area (Å²) in [4.78, 5) is 16.3. The van der Waals surface area contributed by atoms with Crippen molar-refractivity contribution in [3.8, 4) is 11.3 Å². The van der Waals surface area contributed by atoms with Crippen molar-refractivity contribution in [1.82, 2.24) is 15.5 Å². The number of nitrogens with one attached hydrogen (secondary N) is 1. The summed E-state index contributed by atoms with van der Waals surface area (Å²) in [5.74, 6) is 0.416.